The summed E-state index contributed by atoms with van der Waals surface area (Å²) in [4.78, 5) is 26.9. The Morgan fingerprint density at radius 2 is 2.32 bits per heavy atom. The summed E-state index contributed by atoms with van der Waals surface area (Å²) in [6.45, 7) is 3.44. The van der Waals surface area contributed by atoms with Gasteiger partial charge in [0.05, 0.1) is 11.4 Å². The Kier molecular flexibility index (Phi) is 3.19. The normalized spacial score (nSPS) is 27.2. The van der Waals surface area contributed by atoms with Crippen molar-refractivity contribution in [2.24, 2.45) is 0 Å². The first-order valence-electron chi connectivity index (χ1n) is 6.62. The topological polar surface area (TPSA) is 46.6 Å². The molecule has 2 fully saturated rings. The molecule has 4 nitrogen and oxygen atoms in total. The first-order valence-corrected chi connectivity index (χ1v) is 7.50. The van der Waals surface area contributed by atoms with Gasteiger partial charge in [-0.1, -0.05) is 0 Å². The molecule has 102 valence electrons. The third kappa shape index (κ3) is 2.21. The number of piperidine rings is 1. The number of carbonyl (C=O) groups is 2. The molecule has 1 aromatic heterocycles. The molecule has 0 bridgehead atoms. The third-order valence-corrected chi connectivity index (χ3v) is 5.00. The van der Waals surface area contributed by atoms with Gasteiger partial charge in [-0.15, -0.1) is 11.3 Å². The summed E-state index contributed by atoms with van der Waals surface area (Å²) in [5.41, 5.74) is 0.509. The number of carbonyl (C=O) groups excluding carboxylic acids is 2. The average Bonchev–Trinajstić information content (AvgIpc) is 3.02. The highest BCUT2D eigenvalue weighted by atomic mass is 32.1. The summed E-state index contributed by atoms with van der Waals surface area (Å²) in [5, 5.41) is 1.96. The molecule has 0 radical (unpaired) electrons. The molecule has 5 heteroatoms. The van der Waals surface area contributed by atoms with Crippen molar-refractivity contribution >= 4 is 23.0 Å². The van der Waals surface area contributed by atoms with E-state index in [1.807, 2.05) is 18.4 Å². The van der Waals surface area contributed by atoms with Crippen LogP contribution in [0.1, 0.15) is 34.5 Å². The van der Waals surface area contributed by atoms with Gasteiger partial charge in [0.2, 0.25) is 0 Å². The number of thiophene rings is 1. The lowest BCUT2D eigenvalue weighted by molar-refractivity contribution is -0.144. The number of ketones is 1. The number of Topliss-reactive ketones (excluding diaryl/α,β-unsaturated/α-hetero) is 1. The Morgan fingerprint density at radius 3 is 2.89 bits per heavy atom. The van der Waals surface area contributed by atoms with Crippen molar-refractivity contribution in [3.8, 4) is 0 Å². The highest BCUT2D eigenvalue weighted by Gasteiger charge is 2.46. The van der Waals surface area contributed by atoms with Crippen LogP contribution in [0.4, 0.5) is 0 Å². The fourth-order valence-electron chi connectivity index (χ4n) is 2.84. The molecule has 0 saturated carbocycles. The van der Waals surface area contributed by atoms with E-state index >= 15 is 0 Å². The minimum Gasteiger partial charge on any atom is -0.367 e. The Labute approximate surface area is 116 Å². The SMILES string of the molecule is Cc1csc(C(=O)N2CC[C@]3(CCCO3)C(=O)C2)c1. The molecule has 0 aromatic carbocycles. The second kappa shape index (κ2) is 4.72. The molecule has 2 aliphatic heterocycles. The molecule has 0 aliphatic carbocycles. The highest BCUT2D eigenvalue weighted by molar-refractivity contribution is 7.12. The van der Waals surface area contributed by atoms with E-state index < -0.39 is 5.60 Å². The maximum Gasteiger partial charge on any atom is 0.264 e. The maximum absolute atomic E-state index is 12.3. The number of hydrogen-bond acceptors (Lipinski definition) is 4. The van der Waals surface area contributed by atoms with Gasteiger partial charge in [-0.05, 0) is 36.8 Å². The van der Waals surface area contributed by atoms with Crippen molar-refractivity contribution in [3.05, 3.63) is 21.9 Å². The number of amides is 1. The van der Waals surface area contributed by atoms with Gasteiger partial charge in [0, 0.05) is 19.6 Å². The molecule has 1 amide bonds. The fourth-order valence-corrected chi connectivity index (χ4v) is 3.70. The first-order chi connectivity index (χ1) is 9.11. The Bertz CT molecular complexity index is 517. The molecule has 2 saturated heterocycles. The summed E-state index contributed by atoms with van der Waals surface area (Å²) in [6, 6.07) is 1.88. The monoisotopic (exact) mass is 279 g/mol. The number of nitrogens with zero attached hydrogens (tertiary/aromatic N) is 1. The zero-order valence-electron chi connectivity index (χ0n) is 11.0. The lowest BCUT2D eigenvalue weighted by atomic mass is 9.87. The van der Waals surface area contributed by atoms with Gasteiger partial charge in [0.15, 0.2) is 5.78 Å². The van der Waals surface area contributed by atoms with Gasteiger partial charge in [-0.3, -0.25) is 9.59 Å². The molecular formula is C14H17NO3S. The van der Waals surface area contributed by atoms with Crippen LogP contribution >= 0.6 is 11.3 Å². The van der Waals surface area contributed by atoms with E-state index in [0.717, 1.165) is 18.4 Å². The van der Waals surface area contributed by atoms with Crippen molar-refractivity contribution in [2.75, 3.05) is 19.7 Å². The lowest BCUT2D eigenvalue weighted by Crippen LogP contribution is -2.53. The van der Waals surface area contributed by atoms with Crippen LogP contribution in [0.15, 0.2) is 11.4 Å². The molecule has 0 N–H and O–H groups in total. The minimum absolute atomic E-state index is 0.0284. The van der Waals surface area contributed by atoms with Gasteiger partial charge in [0.25, 0.3) is 5.91 Å². The molecule has 2 aliphatic rings. The van der Waals surface area contributed by atoms with Crippen LogP contribution in [0.5, 0.6) is 0 Å². The van der Waals surface area contributed by atoms with E-state index in [1.165, 1.54) is 11.3 Å². The molecule has 1 atom stereocenters. The van der Waals surface area contributed by atoms with Crippen LogP contribution < -0.4 is 0 Å². The zero-order chi connectivity index (χ0) is 13.5. The van der Waals surface area contributed by atoms with Crippen LogP contribution in [0, 0.1) is 6.92 Å². The molecule has 1 spiro atoms. The van der Waals surface area contributed by atoms with E-state index in [-0.39, 0.29) is 18.2 Å². The van der Waals surface area contributed by atoms with E-state index in [1.54, 1.807) is 4.90 Å². The van der Waals surface area contributed by atoms with Crippen molar-refractivity contribution < 1.29 is 14.3 Å². The first kappa shape index (κ1) is 12.8. The second-order valence-electron chi connectivity index (χ2n) is 5.33. The van der Waals surface area contributed by atoms with E-state index in [2.05, 4.69) is 0 Å². The number of aryl methyl sites for hydroxylation is 1. The summed E-state index contributed by atoms with van der Waals surface area (Å²) in [7, 11) is 0. The van der Waals surface area contributed by atoms with Gasteiger partial charge >= 0.3 is 0 Å². The molecule has 3 rings (SSSR count). The fraction of sp³-hybridized carbons (Fsp3) is 0.571. The van der Waals surface area contributed by atoms with Gasteiger partial charge in [-0.2, -0.15) is 0 Å². The quantitative estimate of drug-likeness (QED) is 0.790. The Hall–Kier alpha value is -1.20. The van der Waals surface area contributed by atoms with Crippen LogP contribution in [0.3, 0.4) is 0 Å². The highest BCUT2D eigenvalue weighted by Crippen LogP contribution is 2.34. The number of ether oxygens (including phenoxy) is 1. The summed E-state index contributed by atoms with van der Waals surface area (Å²) < 4.78 is 5.65. The van der Waals surface area contributed by atoms with Crippen molar-refractivity contribution in [2.45, 2.75) is 31.8 Å². The summed E-state index contributed by atoms with van der Waals surface area (Å²) >= 11 is 1.44. The predicted octanol–water partition coefficient (Wildman–Crippen LogP) is 2.02. The molecule has 3 heterocycles. The Morgan fingerprint density at radius 1 is 1.47 bits per heavy atom. The number of hydrogen-bond donors (Lipinski definition) is 0. The summed E-state index contributed by atoms with van der Waals surface area (Å²) in [6.07, 6.45) is 2.40. The lowest BCUT2D eigenvalue weighted by Gasteiger charge is -2.36. The van der Waals surface area contributed by atoms with E-state index in [0.29, 0.717) is 24.4 Å². The van der Waals surface area contributed by atoms with Crippen LogP contribution in [0.2, 0.25) is 0 Å². The smallest absolute Gasteiger partial charge is 0.264 e. The summed E-state index contributed by atoms with van der Waals surface area (Å²) in [5.74, 6) is 0.0391. The maximum atomic E-state index is 12.3. The van der Waals surface area contributed by atoms with Gasteiger partial charge < -0.3 is 9.64 Å². The second-order valence-corrected chi connectivity index (χ2v) is 6.25. The Balaban J connectivity index is 1.72. The molecular weight excluding hydrogens is 262 g/mol. The molecule has 0 unspecified atom stereocenters. The van der Waals surface area contributed by atoms with Crippen LogP contribution in [-0.4, -0.2) is 41.9 Å². The van der Waals surface area contributed by atoms with Crippen LogP contribution in [0.25, 0.3) is 0 Å². The number of rotatable bonds is 1. The molecule has 1 aromatic rings. The van der Waals surface area contributed by atoms with Crippen molar-refractivity contribution in [1.29, 1.82) is 0 Å². The van der Waals surface area contributed by atoms with Crippen LogP contribution in [-0.2, 0) is 9.53 Å². The third-order valence-electron chi connectivity index (χ3n) is 3.96. The van der Waals surface area contributed by atoms with Crippen molar-refractivity contribution in [1.82, 2.24) is 4.90 Å². The standard InChI is InChI=1S/C14H17NO3S/c1-10-7-11(19-9-10)13(17)15-5-4-14(12(16)8-15)3-2-6-18-14/h7,9H,2-6,8H2,1H3/t14-/m1/s1. The minimum atomic E-state index is -0.581. The van der Waals surface area contributed by atoms with Gasteiger partial charge in [-0.25, -0.2) is 0 Å². The number of likely N-dealkylation sites (tertiary alicyclic amines) is 1. The predicted molar refractivity (Wildman–Crippen MR) is 72.5 cm³/mol. The van der Waals surface area contributed by atoms with E-state index in [9.17, 15) is 9.59 Å². The van der Waals surface area contributed by atoms with E-state index in [4.69, 9.17) is 4.74 Å². The zero-order valence-corrected chi connectivity index (χ0v) is 11.8. The largest absolute Gasteiger partial charge is 0.367 e. The molecule has 19 heavy (non-hydrogen) atoms. The van der Waals surface area contributed by atoms with Crippen molar-refractivity contribution in [3.63, 3.8) is 0 Å². The average molecular weight is 279 g/mol. The van der Waals surface area contributed by atoms with Gasteiger partial charge in [0.1, 0.15) is 5.60 Å².